The van der Waals surface area contributed by atoms with Gasteiger partial charge in [0, 0.05) is 18.6 Å². The zero-order valence-corrected chi connectivity index (χ0v) is 22.8. The van der Waals surface area contributed by atoms with Gasteiger partial charge in [0.1, 0.15) is 6.09 Å². The monoisotopic (exact) mass is 567 g/mol. The van der Waals surface area contributed by atoms with Gasteiger partial charge >= 0.3 is 6.18 Å². The Balaban J connectivity index is 2.15. The second kappa shape index (κ2) is 14.4. The van der Waals surface area contributed by atoms with Crippen molar-refractivity contribution in [1.82, 2.24) is 15.5 Å². The van der Waals surface area contributed by atoms with Gasteiger partial charge in [-0.1, -0.05) is 60.7 Å². The van der Waals surface area contributed by atoms with Crippen LogP contribution in [0.1, 0.15) is 31.9 Å². The Labute approximate surface area is 232 Å². The summed E-state index contributed by atoms with van der Waals surface area (Å²) in [6.07, 6.45) is -8.84. The van der Waals surface area contributed by atoms with E-state index in [1.807, 2.05) is 6.07 Å². The van der Waals surface area contributed by atoms with Crippen LogP contribution in [0.4, 0.5) is 18.0 Å². The van der Waals surface area contributed by atoms with Crippen LogP contribution < -0.4 is 21.5 Å². The van der Waals surface area contributed by atoms with Crippen LogP contribution in [0.2, 0.25) is 0 Å². The molecule has 0 unspecified atom stereocenters. The molecule has 12 heteroatoms. The number of amides is 2. The van der Waals surface area contributed by atoms with E-state index >= 15 is 0 Å². The Hall–Kier alpha value is -3.19. The van der Waals surface area contributed by atoms with E-state index < -0.39 is 54.0 Å². The zero-order chi connectivity index (χ0) is 30.1. The molecule has 0 saturated heterocycles. The van der Waals surface area contributed by atoms with Gasteiger partial charge in [0.25, 0.3) is 0 Å². The minimum absolute atomic E-state index is 0.0156. The Morgan fingerprint density at radius 1 is 0.900 bits per heavy atom. The van der Waals surface area contributed by atoms with Crippen LogP contribution in [0.5, 0.6) is 0 Å². The Morgan fingerprint density at radius 3 is 1.82 bits per heavy atom. The lowest BCUT2D eigenvalue weighted by molar-refractivity contribution is -0.275. The number of aliphatic hydroxyl groups excluding tert-OH is 2. The van der Waals surface area contributed by atoms with Crippen molar-refractivity contribution < 1.29 is 38.1 Å². The molecule has 0 aromatic heterocycles. The Kier molecular flexibility index (Phi) is 11.9. The normalized spacial score (nSPS) is 15.9. The van der Waals surface area contributed by atoms with Crippen molar-refractivity contribution in [2.45, 2.75) is 75.7 Å². The predicted octanol–water partition coefficient (Wildman–Crippen LogP) is 0.970. The van der Waals surface area contributed by atoms with E-state index in [1.165, 1.54) is 0 Å². The highest BCUT2D eigenvalue weighted by Crippen LogP contribution is 2.22. The summed E-state index contributed by atoms with van der Waals surface area (Å²) in [5, 5.41) is 39.0. The van der Waals surface area contributed by atoms with Crippen LogP contribution in [0.25, 0.3) is 0 Å². The fourth-order valence-corrected chi connectivity index (χ4v) is 4.39. The minimum atomic E-state index is -4.96. The first-order chi connectivity index (χ1) is 18.6. The maximum absolute atomic E-state index is 13.0. The first-order valence-corrected chi connectivity index (χ1v) is 12.9. The van der Waals surface area contributed by atoms with Crippen molar-refractivity contribution in [2.24, 2.45) is 5.73 Å². The lowest BCUT2D eigenvalue weighted by atomic mass is 9.94. The van der Waals surface area contributed by atoms with Crippen molar-refractivity contribution in [3.63, 3.8) is 0 Å². The van der Waals surface area contributed by atoms with Gasteiger partial charge in [0.05, 0.1) is 24.3 Å². The molecule has 0 heterocycles. The summed E-state index contributed by atoms with van der Waals surface area (Å²) < 4.78 is 38.9. The fourth-order valence-electron chi connectivity index (χ4n) is 4.39. The van der Waals surface area contributed by atoms with Gasteiger partial charge in [-0.3, -0.25) is 4.79 Å². The van der Waals surface area contributed by atoms with Gasteiger partial charge in [-0.05, 0) is 44.7 Å². The van der Waals surface area contributed by atoms with E-state index in [4.69, 9.17) is 5.73 Å². The summed E-state index contributed by atoms with van der Waals surface area (Å²) >= 11 is 0. The number of hydrogen-bond acceptors (Lipinski definition) is 7. The molecule has 0 radical (unpaired) electrons. The number of rotatable bonds is 13. The van der Waals surface area contributed by atoms with Gasteiger partial charge in [0.15, 0.2) is 6.04 Å². The molecule has 2 amide bonds. The average Bonchev–Trinajstić information content (AvgIpc) is 2.86. The molecule has 6 N–H and O–H groups in total. The number of nitrogens with zero attached hydrogens (tertiary/aromatic N) is 1. The summed E-state index contributed by atoms with van der Waals surface area (Å²) in [5.74, 6) is -1.48. The van der Waals surface area contributed by atoms with Crippen LogP contribution in [0.3, 0.4) is 0 Å². The Bertz CT molecular complexity index is 1070. The number of hydrogen-bond donors (Lipinski definition) is 5. The highest BCUT2D eigenvalue weighted by molar-refractivity contribution is 5.82. The molecule has 2 aromatic rings. The number of aliphatic hydroxyl groups is 2. The van der Waals surface area contributed by atoms with Crippen molar-refractivity contribution in [3.8, 4) is 0 Å². The van der Waals surface area contributed by atoms with Crippen LogP contribution in [-0.4, -0.2) is 82.3 Å². The third kappa shape index (κ3) is 10.1. The highest BCUT2D eigenvalue weighted by atomic mass is 19.4. The zero-order valence-electron chi connectivity index (χ0n) is 22.8. The molecule has 9 nitrogen and oxygen atoms in total. The molecular formula is C28H38F3N4O5-. The number of halogens is 3. The summed E-state index contributed by atoms with van der Waals surface area (Å²) in [6.45, 7) is 4.63. The molecule has 0 saturated carbocycles. The van der Waals surface area contributed by atoms with Crippen molar-refractivity contribution in [3.05, 3.63) is 71.8 Å². The third-order valence-electron chi connectivity index (χ3n) is 6.42. The number of nitrogens with one attached hydrogen (secondary N) is 2. The van der Waals surface area contributed by atoms with Crippen molar-refractivity contribution in [2.75, 3.05) is 13.1 Å². The number of alkyl halides is 3. The van der Waals surface area contributed by atoms with E-state index in [-0.39, 0.29) is 25.9 Å². The molecule has 0 aliphatic carbocycles. The van der Waals surface area contributed by atoms with Gasteiger partial charge in [-0.2, -0.15) is 13.2 Å². The molecule has 0 spiro atoms. The van der Waals surface area contributed by atoms with Gasteiger partial charge in [-0.25, -0.2) is 0 Å². The van der Waals surface area contributed by atoms with Gasteiger partial charge in [-0.15, -0.1) is 0 Å². The maximum atomic E-state index is 13.0. The molecule has 0 fully saturated rings. The first-order valence-electron chi connectivity index (χ1n) is 12.9. The van der Waals surface area contributed by atoms with E-state index in [0.717, 1.165) is 10.5 Å². The molecule has 0 aliphatic heterocycles. The number of benzene rings is 2. The average molecular weight is 568 g/mol. The molecule has 40 heavy (non-hydrogen) atoms. The highest BCUT2D eigenvalue weighted by Gasteiger charge is 2.43. The number of carbonyl (C=O) groups excluding carboxylic acids is 2. The van der Waals surface area contributed by atoms with E-state index in [1.54, 1.807) is 75.4 Å². The Morgan fingerprint density at radius 2 is 1.38 bits per heavy atom. The van der Waals surface area contributed by atoms with Crippen LogP contribution in [0.15, 0.2) is 60.7 Å². The SMILES string of the molecule is CC(C)(C)N(C(=O)[O-])[C@@H](Cc1ccccc1)[C@H](O)CNC[C@@H](O)[C@H](Cc1ccccc1)NC(=O)[C@@H](N)C(F)(F)F. The minimum Gasteiger partial charge on any atom is -0.530 e. The number of carbonyl (C=O) groups is 2. The molecule has 2 aromatic carbocycles. The lowest BCUT2D eigenvalue weighted by Crippen LogP contribution is -2.62. The van der Waals surface area contributed by atoms with Crippen LogP contribution in [-0.2, 0) is 17.6 Å². The summed E-state index contributed by atoms with van der Waals surface area (Å²) in [5.41, 5.74) is 5.58. The first kappa shape index (κ1) is 33.0. The molecule has 0 bridgehead atoms. The van der Waals surface area contributed by atoms with E-state index in [2.05, 4.69) is 10.6 Å². The molecule has 222 valence electrons. The van der Waals surface area contributed by atoms with Gasteiger partial charge < -0.3 is 41.4 Å². The van der Waals surface area contributed by atoms with Gasteiger partial charge in [0.2, 0.25) is 5.91 Å². The van der Waals surface area contributed by atoms with Crippen LogP contribution in [0, 0.1) is 0 Å². The van der Waals surface area contributed by atoms with E-state index in [9.17, 15) is 38.1 Å². The summed E-state index contributed by atoms with van der Waals surface area (Å²) in [4.78, 5) is 25.3. The number of nitrogens with two attached hydrogens (primary N) is 1. The largest absolute Gasteiger partial charge is 0.530 e. The topological polar surface area (TPSA) is 151 Å². The smallest absolute Gasteiger partial charge is 0.412 e. The quantitative estimate of drug-likeness (QED) is 0.242. The molecule has 2 rings (SSSR count). The summed E-state index contributed by atoms with van der Waals surface area (Å²) in [7, 11) is 0. The molecule has 0 aliphatic rings. The predicted molar refractivity (Wildman–Crippen MR) is 142 cm³/mol. The van der Waals surface area contributed by atoms with Crippen LogP contribution >= 0.6 is 0 Å². The van der Waals surface area contributed by atoms with Crippen molar-refractivity contribution in [1.29, 1.82) is 0 Å². The third-order valence-corrected chi connectivity index (χ3v) is 6.42. The molecular weight excluding hydrogens is 529 g/mol. The maximum Gasteiger partial charge on any atom is 0.412 e. The lowest BCUT2D eigenvalue weighted by Gasteiger charge is -2.45. The standard InChI is InChI=1S/C28H39F3N4O5/c1-27(2,3)35(26(39)40)21(15-19-12-8-5-9-13-19)23(37)17-33-16-22(36)20(14-18-10-6-4-7-11-18)34-25(38)24(32)28(29,30)31/h4-13,20-24,33,36-37H,14-17,32H2,1-3H3,(H,34,38)(H,39,40)/p-1/t20-,21-,22+,23+,24+/m0/s1. The number of carboxylic acid groups (broad SMARTS) is 1. The second-order valence-electron chi connectivity index (χ2n) is 10.7. The molecule has 5 atom stereocenters. The van der Waals surface area contributed by atoms with E-state index in [0.29, 0.717) is 5.56 Å². The fraction of sp³-hybridized carbons (Fsp3) is 0.500. The second-order valence-corrected chi connectivity index (χ2v) is 10.7. The summed E-state index contributed by atoms with van der Waals surface area (Å²) in [6, 6.07) is 12.7. The van der Waals surface area contributed by atoms with Crippen molar-refractivity contribution >= 4 is 12.0 Å².